The van der Waals surface area contributed by atoms with Crippen LogP contribution in [0.5, 0.6) is 0 Å². The Labute approximate surface area is 112 Å². The monoisotopic (exact) mass is 262 g/mol. The molecule has 2 saturated heterocycles. The van der Waals surface area contributed by atoms with Gasteiger partial charge in [-0.15, -0.1) is 0 Å². The van der Waals surface area contributed by atoms with Gasteiger partial charge in [0.15, 0.2) is 0 Å². The molecule has 18 heavy (non-hydrogen) atoms. The van der Waals surface area contributed by atoms with E-state index in [1.807, 2.05) is 20.9 Å². The molecule has 0 amide bonds. The first kappa shape index (κ1) is 17.8. The number of likely N-dealkylation sites (N-methyl/N-ethyl adjacent to an activating group) is 3. The molecule has 0 bridgehead atoms. The molecule has 2 aliphatic heterocycles. The first-order valence-electron chi connectivity index (χ1n) is 7.02. The van der Waals surface area contributed by atoms with E-state index >= 15 is 0 Å². The zero-order valence-corrected chi connectivity index (χ0v) is 12.9. The molecule has 0 aromatic heterocycles. The van der Waals surface area contributed by atoms with Crippen LogP contribution < -0.4 is 0 Å². The first-order valence-corrected chi connectivity index (χ1v) is 7.02. The number of morpholine rings is 1. The Bertz CT molecular complexity index is 185. The second kappa shape index (κ2) is 9.69. The molecule has 5 nitrogen and oxygen atoms in total. The van der Waals surface area contributed by atoms with Crippen LogP contribution in [-0.4, -0.2) is 93.3 Å². The Balaban J connectivity index is 0.000000289. The fourth-order valence-corrected chi connectivity index (χ4v) is 1.65. The van der Waals surface area contributed by atoms with Gasteiger partial charge in [-0.2, -0.15) is 4.65 Å². The zero-order chi connectivity index (χ0) is 14.0. The topological polar surface area (TPSA) is 35.9 Å². The van der Waals surface area contributed by atoms with Crippen molar-refractivity contribution in [1.29, 1.82) is 0 Å². The van der Waals surface area contributed by atoms with Gasteiger partial charge in [0, 0.05) is 13.1 Å². The van der Waals surface area contributed by atoms with Gasteiger partial charge in [-0.3, -0.25) is 4.90 Å². The average molecular weight is 262 g/mol. The molecule has 0 radical (unpaired) electrons. The van der Waals surface area contributed by atoms with Crippen molar-refractivity contribution in [2.45, 2.75) is 13.8 Å². The number of hydrogen-bond acceptors (Lipinski definition) is 4. The van der Waals surface area contributed by atoms with Gasteiger partial charge in [0.2, 0.25) is 0 Å². The van der Waals surface area contributed by atoms with E-state index in [4.69, 9.17) is 4.74 Å². The van der Waals surface area contributed by atoms with Crippen LogP contribution in [0.25, 0.3) is 0 Å². The second-order valence-electron chi connectivity index (χ2n) is 5.01. The third-order valence-electron chi connectivity index (χ3n) is 3.16. The highest BCUT2D eigenvalue weighted by molar-refractivity contribution is 4.54. The molecule has 2 aliphatic rings. The van der Waals surface area contributed by atoms with E-state index in [9.17, 15) is 5.21 Å². The molecule has 0 aromatic carbocycles. The van der Waals surface area contributed by atoms with E-state index < -0.39 is 0 Å². The number of hydroxylamine groups is 3. The predicted molar refractivity (Wildman–Crippen MR) is 74.9 cm³/mol. The highest BCUT2D eigenvalue weighted by Crippen LogP contribution is 2.02. The molecule has 0 atom stereocenters. The van der Waals surface area contributed by atoms with Crippen LogP contribution in [0.4, 0.5) is 0 Å². The number of nitrogens with zero attached hydrogens (tertiary/aromatic N) is 3. The van der Waals surface area contributed by atoms with Crippen molar-refractivity contribution in [2.75, 3.05) is 73.6 Å². The maximum atomic E-state index is 9.40. The van der Waals surface area contributed by atoms with Gasteiger partial charge in [0.1, 0.15) is 13.1 Å². The Morgan fingerprint density at radius 1 is 0.889 bits per heavy atom. The van der Waals surface area contributed by atoms with Crippen molar-refractivity contribution >= 4 is 0 Å². The van der Waals surface area contributed by atoms with Crippen LogP contribution in [0.1, 0.15) is 13.8 Å². The number of rotatable bonds is 0. The van der Waals surface area contributed by atoms with E-state index in [1.54, 1.807) is 0 Å². The Morgan fingerprint density at radius 3 is 1.56 bits per heavy atom. The summed E-state index contributed by atoms with van der Waals surface area (Å²) in [7, 11) is 6.05. The maximum Gasteiger partial charge on any atom is 0.121 e. The van der Waals surface area contributed by atoms with Gasteiger partial charge in [-0.25, -0.2) is 5.21 Å². The average Bonchev–Trinajstić information content (AvgIpc) is 2.37. The fourth-order valence-electron chi connectivity index (χ4n) is 1.65. The lowest BCUT2D eigenvalue weighted by Gasteiger charge is -2.33. The molecule has 2 fully saturated rings. The van der Waals surface area contributed by atoms with Gasteiger partial charge in [0.05, 0.1) is 33.4 Å². The highest BCUT2D eigenvalue weighted by Gasteiger charge is 2.24. The Hall–Kier alpha value is -0.200. The van der Waals surface area contributed by atoms with Crippen LogP contribution in [-0.2, 0) is 4.74 Å². The van der Waals surface area contributed by atoms with Crippen molar-refractivity contribution in [2.24, 2.45) is 0 Å². The van der Waals surface area contributed by atoms with E-state index in [0.29, 0.717) is 0 Å². The third-order valence-corrected chi connectivity index (χ3v) is 3.16. The molecule has 5 heteroatoms. The van der Waals surface area contributed by atoms with Crippen LogP contribution >= 0.6 is 0 Å². The second-order valence-corrected chi connectivity index (χ2v) is 5.01. The summed E-state index contributed by atoms with van der Waals surface area (Å²) in [6.45, 7) is 11.8. The minimum Gasteiger partial charge on any atom is -0.379 e. The maximum absolute atomic E-state index is 9.40. The zero-order valence-electron chi connectivity index (χ0n) is 12.9. The highest BCUT2D eigenvalue weighted by atomic mass is 16.5. The predicted octanol–water partition coefficient (Wildman–Crippen LogP) is 0.742. The normalized spacial score (nSPS) is 24.3. The van der Waals surface area contributed by atoms with Gasteiger partial charge in [-0.1, -0.05) is 13.8 Å². The lowest BCUT2D eigenvalue weighted by Crippen LogP contribution is -2.54. The summed E-state index contributed by atoms with van der Waals surface area (Å²) in [5, 5.41) is 9.40. The van der Waals surface area contributed by atoms with Crippen LogP contribution in [0.15, 0.2) is 0 Å². The minimum absolute atomic E-state index is 0.199. The number of piperazine rings is 1. The lowest BCUT2D eigenvalue weighted by atomic mass is 10.3. The van der Waals surface area contributed by atoms with Crippen molar-refractivity contribution in [3.63, 3.8) is 0 Å². The minimum atomic E-state index is 0.199. The summed E-state index contributed by atoms with van der Waals surface area (Å²) in [4.78, 5) is 4.50. The smallest absolute Gasteiger partial charge is 0.121 e. The molecule has 0 aliphatic carbocycles. The molecule has 0 spiro atoms. The number of hydrogen-bond donors (Lipinski definition) is 1. The summed E-state index contributed by atoms with van der Waals surface area (Å²) in [6, 6.07) is 0. The summed E-state index contributed by atoms with van der Waals surface area (Å²) >= 11 is 0. The van der Waals surface area contributed by atoms with E-state index in [0.717, 1.165) is 52.5 Å². The largest absolute Gasteiger partial charge is 0.379 e. The van der Waals surface area contributed by atoms with Crippen molar-refractivity contribution in [3.05, 3.63) is 0 Å². The summed E-state index contributed by atoms with van der Waals surface area (Å²) in [6.07, 6.45) is 0. The molecular weight excluding hydrogens is 230 g/mol. The molecule has 110 valence electrons. The Morgan fingerprint density at radius 2 is 1.28 bits per heavy atom. The molecule has 2 heterocycles. The number of quaternary nitrogens is 1. The van der Waals surface area contributed by atoms with Crippen LogP contribution in [0.2, 0.25) is 0 Å². The molecule has 2 rings (SSSR count). The number of ether oxygens (including phenoxy) is 1. The van der Waals surface area contributed by atoms with Gasteiger partial charge < -0.3 is 9.64 Å². The van der Waals surface area contributed by atoms with Crippen molar-refractivity contribution in [3.8, 4) is 0 Å². The van der Waals surface area contributed by atoms with Crippen LogP contribution in [0, 0.1) is 0 Å². The fraction of sp³-hybridized carbons (Fsp3) is 1.00. The molecule has 0 saturated carbocycles. The van der Waals surface area contributed by atoms with Gasteiger partial charge in [0.25, 0.3) is 0 Å². The quantitative estimate of drug-likeness (QED) is 0.653. The standard InChI is InChI=1S/C6H15N2O.C5H11NO.C2H6/c1-7-3-5-8(2,9)6-4-7;1-6-2-4-7-5-3-6;1-2/h9H,3-6H2,1-2H3;2-5H2,1H3;1-2H3/q+1;;. The van der Waals surface area contributed by atoms with Crippen LogP contribution in [0.3, 0.4) is 0 Å². The van der Waals surface area contributed by atoms with E-state index in [1.165, 1.54) is 0 Å². The summed E-state index contributed by atoms with van der Waals surface area (Å²) < 4.78 is 5.30. The van der Waals surface area contributed by atoms with Crippen molar-refractivity contribution in [1.82, 2.24) is 9.80 Å². The lowest BCUT2D eigenvalue weighted by molar-refractivity contribution is -1.09. The van der Waals surface area contributed by atoms with Gasteiger partial charge >= 0.3 is 0 Å². The summed E-state index contributed by atoms with van der Waals surface area (Å²) in [5.41, 5.74) is 0. The first-order chi connectivity index (χ1) is 8.49. The third kappa shape index (κ3) is 8.83. The SMILES string of the molecule is CC.CN1CCOCC1.CN1CC[N+](C)(O)CC1. The van der Waals surface area contributed by atoms with Crippen molar-refractivity contribution < 1.29 is 14.6 Å². The molecule has 0 unspecified atom stereocenters. The summed E-state index contributed by atoms with van der Waals surface area (Å²) in [5.74, 6) is 0. The molecule has 1 N–H and O–H groups in total. The van der Waals surface area contributed by atoms with E-state index in [2.05, 4.69) is 23.9 Å². The van der Waals surface area contributed by atoms with E-state index in [-0.39, 0.29) is 4.65 Å². The molecule has 0 aromatic rings. The van der Waals surface area contributed by atoms with Gasteiger partial charge in [-0.05, 0) is 14.1 Å². The Kier molecular flexibility index (Phi) is 9.59. The molecular formula is C13H32N3O2+.